The van der Waals surface area contributed by atoms with E-state index < -0.39 is 0 Å². The third-order valence-corrected chi connectivity index (χ3v) is 6.23. The molecule has 0 saturated heterocycles. The largest absolute Gasteiger partial charge is 0.299 e. The molecule has 114 valence electrons. The maximum absolute atomic E-state index is 12.7. The molecule has 1 amide bonds. The van der Waals surface area contributed by atoms with E-state index in [0.717, 1.165) is 37.7 Å². The van der Waals surface area contributed by atoms with Crippen LogP contribution in [-0.4, -0.2) is 27.2 Å². The van der Waals surface area contributed by atoms with Gasteiger partial charge in [-0.15, -0.1) is 0 Å². The van der Waals surface area contributed by atoms with Crippen LogP contribution in [-0.2, 0) is 16.0 Å². The molecule has 1 aliphatic heterocycles. The van der Waals surface area contributed by atoms with E-state index in [9.17, 15) is 9.59 Å². The number of Topliss-reactive ketones (excluding diaryl/α,β-unsaturated/α-hetero) is 1. The quantitative estimate of drug-likeness (QED) is 0.745. The van der Waals surface area contributed by atoms with Crippen molar-refractivity contribution in [3.8, 4) is 0 Å². The number of hydrogen-bond donors (Lipinski definition) is 0. The van der Waals surface area contributed by atoms with Crippen molar-refractivity contribution in [1.29, 1.82) is 0 Å². The van der Waals surface area contributed by atoms with Gasteiger partial charge in [-0.1, -0.05) is 0 Å². The Morgan fingerprint density at radius 1 is 1.18 bits per heavy atom. The maximum atomic E-state index is 12.7. The van der Waals surface area contributed by atoms with Crippen LogP contribution in [0.3, 0.4) is 0 Å². The topological polar surface area (TPSA) is 63.2 Å². The molecular formula is C16H16ClN3O2. The molecule has 4 saturated carbocycles. The zero-order valence-electron chi connectivity index (χ0n) is 12.1. The number of ketones is 1. The molecule has 0 N–H and O–H groups in total. The van der Waals surface area contributed by atoms with Crippen LogP contribution in [0.15, 0.2) is 6.20 Å². The second kappa shape index (κ2) is 4.07. The van der Waals surface area contributed by atoms with E-state index in [1.807, 2.05) is 4.90 Å². The zero-order valence-corrected chi connectivity index (χ0v) is 12.8. The summed E-state index contributed by atoms with van der Waals surface area (Å²) in [4.78, 5) is 35.2. The van der Waals surface area contributed by atoms with Gasteiger partial charge >= 0.3 is 0 Å². The highest BCUT2D eigenvalue weighted by Gasteiger charge is 2.59. The lowest BCUT2D eigenvalue weighted by atomic mass is 9.52. The molecule has 6 rings (SSSR count). The lowest BCUT2D eigenvalue weighted by Crippen LogP contribution is -2.63. The zero-order chi connectivity index (χ0) is 15.1. The molecule has 5 aliphatic rings. The summed E-state index contributed by atoms with van der Waals surface area (Å²) in [7, 11) is 0. The third-order valence-electron chi connectivity index (χ3n) is 6.05. The first-order chi connectivity index (χ1) is 10.6. The van der Waals surface area contributed by atoms with Crippen molar-refractivity contribution in [2.45, 2.75) is 44.1 Å². The van der Waals surface area contributed by atoms with Gasteiger partial charge in [-0.25, -0.2) is 4.98 Å². The Morgan fingerprint density at radius 2 is 1.91 bits per heavy atom. The fraction of sp³-hybridized carbons (Fsp3) is 0.625. The normalized spacial score (nSPS) is 38.8. The molecule has 0 spiro atoms. The number of nitrogens with zero attached hydrogens (tertiary/aromatic N) is 3. The molecular weight excluding hydrogens is 302 g/mol. The monoisotopic (exact) mass is 317 g/mol. The van der Waals surface area contributed by atoms with Crippen LogP contribution in [0.25, 0.3) is 0 Å². The SMILES string of the molecule is O=C1C2CC3CC1CC(N1C(=O)Cc4cnc(Cl)nc41)(C3)C2. The smallest absolute Gasteiger partial charge is 0.233 e. The van der Waals surface area contributed by atoms with Crippen LogP contribution < -0.4 is 4.90 Å². The number of carbonyl (C=O) groups excluding carboxylic acids is 2. The summed E-state index contributed by atoms with van der Waals surface area (Å²) in [6.45, 7) is 0. The summed E-state index contributed by atoms with van der Waals surface area (Å²) in [5.74, 6) is 2.05. The molecule has 1 aromatic heterocycles. The molecule has 1 aromatic rings. The number of rotatable bonds is 1. The first-order valence-electron chi connectivity index (χ1n) is 7.94. The van der Waals surface area contributed by atoms with E-state index in [1.165, 1.54) is 0 Å². The average molecular weight is 318 g/mol. The molecule has 0 radical (unpaired) electrons. The maximum Gasteiger partial charge on any atom is 0.233 e. The molecule has 4 bridgehead atoms. The van der Waals surface area contributed by atoms with Gasteiger partial charge in [-0.05, 0) is 49.6 Å². The molecule has 4 aliphatic carbocycles. The lowest BCUT2D eigenvalue weighted by molar-refractivity contribution is -0.143. The van der Waals surface area contributed by atoms with Gasteiger partial charge in [0.15, 0.2) is 0 Å². The molecule has 6 heteroatoms. The summed E-state index contributed by atoms with van der Waals surface area (Å²) < 4.78 is 0. The van der Waals surface area contributed by atoms with Gasteiger partial charge in [0.25, 0.3) is 0 Å². The Bertz CT molecular complexity index is 701. The minimum atomic E-state index is -0.218. The number of aromatic nitrogens is 2. The standard InChI is InChI=1S/C16H16ClN3O2/c17-15-18-7-11-3-12(21)20(14(11)19-15)16-4-8-1-9(5-16)13(22)10(2-8)6-16/h7-10H,1-6H2. The minimum absolute atomic E-state index is 0.0842. The molecule has 2 heterocycles. The first kappa shape index (κ1) is 13.0. The molecule has 2 atom stereocenters. The highest BCUT2D eigenvalue weighted by atomic mass is 35.5. The van der Waals surface area contributed by atoms with Crippen molar-refractivity contribution in [2.24, 2.45) is 17.8 Å². The minimum Gasteiger partial charge on any atom is -0.299 e. The van der Waals surface area contributed by atoms with Crippen molar-refractivity contribution in [3.05, 3.63) is 17.0 Å². The first-order valence-corrected chi connectivity index (χ1v) is 8.32. The van der Waals surface area contributed by atoms with Gasteiger partial charge in [0.2, 0.25) is 11.2 Å². The summed E-state index contributed by atoms with van der Waals surface area (Å²) in [5.41, 5.74) is 0.640. The van der Waals surface area contributed by atoms with Crippen molar-refractivity contribution >= 4 is 29.1 Å². The lowest BCUT2D eigenvalue weighted by Gasteiger charge is -2.58. The van der Waals surface area contributed by atoms with Gasteiger partial charge < -0.3 is 0 Å². The van der Waals surface area contributed by atoms with Crippen molar-refractivity contribution in [2.75, 3.05) is 4.90 Å². The Hall–Kier alpha value is -1.49. The van der Waals surface area contributed by atoms with Crippen molar-refractivity contribution in [3.63, 3.8) is 0 Å². The van der Waals surface area contributed by atoms with Crippen LogP contribution in [0.1, 0.15) is 37.7 Å². The molecule has 22 heavy (non-hydrogen) atoms. The highest BCUT2D eigenvalue weighted by molar-refractivity contribution is 6.28. The van der Waals surface area contributed by atoms with E-state index in [-0.39, 0.29) is 28.6 Å². The number of anilines is 1. The summed E-state index contributed by atoms with van der Waals surface area (Å²) in [5, 5.41) is 0.180. The van der Waals surface area contributed by atoms with Crippen LogP contribution in [0, 0.1) is 17.8 Å². The average Bonchev–Trinajstić information content (AvgIpc) is 2.79. The van der Waals surface area contributed by atoms with Gasteiger partial charge in [0.05, 0.1) is 12.0 Å². The third kappa shape index (κ3) is 1.55. The Balaban J connectivity index is 1.62. The number of fused-ring (bicyclic) bond motifs is 1. The predicted molar refractivity (Wildman–Crippen MR) is 79.5 cm³/mol. The van der Waals surface area contributed by atoms with Gasteiger partial charge in [-0.2, -0.15) is 4.98 Å². The van der Waals surface area contributed by atoms with E-state index >= 15 is 0 Å². The van der Waals surface area contributed by atoms with E-state index in [1.54, 1.807) is 6.20 Å². The van der Waals surface area contributed by atoms with Gasteiger partial charge in [0, 0.05) is 23.6 Å². The number of carbonyl (C=O) groups is 2. The summed E-state index contributed by atoms with van der Waals surface area (Å²) in [6.07, 6.45) is 6.63. The molecule has 5 nitrogen and oxygen atoms in total. The number of amides is 1. The fourth-order valence-electron chi connectivity index (χ4n) is 5.52. The Morgan fingerprint density at radius 3 is 2.64 bits per heavy atom. The van der Waals surface area contributed by atoms with Gasteiger partial charge in [0.1, 0.15) is 11.6 Å². The van der Waals surface area contributed by atoms with Crippen LogP contribution in [0.2, 0.25) is 5.28 Å². The van der Waals surface area contributed by atoms with Gasteiger partial charge in [-0.3, -0.25) is 14.5 Å². The number of halogens is 1. The summed E-state index contributed by atoms with van der Waals surface area (Å²) in [6, 6.07) is 0. The second-order valence-electron chi connectivity index (χ2n) is 7.36. The molecule has 2 unspecified atom stereocenters. The summed E-state index contributed by atoms with van der Waals surface area (Å²) >= 11 is 5.95. The fourth-order valence-corrected chi connectivity index (χ4v) is 5.65. The highest BCUT2D eigenvalue weighted by Crippen LogP contribution is 2.57. The van der Waals surface area contributed by atoms with Crippen LogP contribution >= 0.6 is 11.6 Å². The van der Waals surface area contributed by atoms with E-state index in [4.69, 9.17) is 11.6 Å². The molecule has 4 fully saturated rings. The Kier molecular flexibility index (Phi) is 2.41. The number of hydrogen-bond acceptors (Lipinski definition) is 4. The Labute approximate surface area is 133 Å². The van der Waals surface area contributed by atoms with Crippen LogP contribution in [0.4, 0.5) is 5.82 Å². The van der Waals surface area contributed by atoms with Crippen molar-refractivity contribution < 1.29 is 9.59 Å². The van der Waals surface area contributed by atoms with Crippen molar-refractivity contribution in [1.82, 2.24) is 9.97 Å². The molecule has 0 aromatic carbocycles. The second-order valence-corrected chi connectivity index (χ2v) is 7.70. The van der Waals surface area contributed by atoms with Crippen LogP contribution in [0.5, 0.6) is 0 Å². The predicted octanol–water partition coefficient (Wildman–Crippen LogP) is 2.17. The van der Waals surface area contributed by atoms with E-state index in [0.29, 0.717) is 23.9 Å². The van der Waals surface area contributed by atoms with E-state index in [2.05, 4.69) is 9.97 Å².